The van der Waals surface area contributed by atoms with Crippen LogP contribution in [0.5, 0.6) is 0 Å². The summed E-state index contributed by atoms with van der Waals surface area (Å²) in [7, 11) is 0. The van der Waals surface area contributed by atoms with E-state index in [4.69, 9.17) is 0 Å². The summed E-state index contributed by atoms with van der Waals surface area (Å²) < 4.78 is 2.05. The molecule has 1 aliphatic carbocycles. The number of carbonyl (C=O) groups excluding carboxylic acids is 1. The maximum absolute atomic E-state index is 13.1. The zero-order chi connectivity index (χ0) is 19.1. The molecule has 3 heterocycles. The maximum Gasteiger partial charge on any atom is 0.253 e. The van der Waals surface area contributed by atoms with E-state index >= 15 is 0 Å². The number of likely N-dealkylation sites (tertiary alicyclic amines) is 1. The Bertz CT molecular complexity index is 927. The van der Waals surface area contributed by atoms with Gasteiger partial charge in [0.05, 0.1) is 0 Å². The van der Waals surface area contributed by atoms with Crippen molar-refractivity contribution in [3.8, 4) is 0 Å². The number of benzene rings is 1. The second-order valence-corrected chi connectivity index (χ2v) is 8.83. The molecular formula is C24H28N2O2. The highest BCUT2D eigenvalue weighted by Crippen LogP contribution is 2.42. The molecule has 2 atom stereocenters. The van der Waals surface area contributed by atoms with Gasteiger partial charge in [-0.25, -0.2) is 0 Å². The largest absolute Gasteiger partial charge is 0.338 e. The molecule has 28 heavy (non-hydrogen) atoms. The summed E-state index contributed by atoms with van der Waals surface area (Å²) in [4.78, 5) is 27.7. The second-order valence-electron chi connectivity index (χ2n) is 8.83. The lowest BCUT2D eigenvalue weighted by molar-refractivity contribution is 0.0592. The summed E-state index contributed by atoms with van der Waals surface area (Å²) in [5.74, 6) is 1.36. The molecule has 2 bridgehead atoms. The molecule has 0 N–H and O–H groups in total. The SMILES string of the molecule is O=C(c1ccccc1)N1CC2CC(C1)c1c(C3CCCCC3)ccc(=O)n1C2. The molecule has 0 spiro atoms. The molecule has 1 amide bonds. The minimum absolute atomic E-state index is 0.126. The molecule has 3 aliphatic rings. The molecule has 1 aromatic carbocycles. The fourth-order valence-electron chi connectivity index (χ4n) is 5.74. The number of pyridine rings is 1. The Balaban J connectivity index is 1.49. The Hall–Kier alpha value is -2.36. The molecule has 1 aromatic heterocycles. The third kappa shape index (κ3) is 3.09. The van der Waals surface area contributed by atoms with E-state index in [0.29, 0.717) is 11.8 Å². The lowest BCUT2D eigenvalue weighted by atomic mass is 9.76. The summed E-state index contributed by atoms with van der Waals surface area (Å²) in [6, 6.07) is 13.5. The van der Waals surface area contributed by atoms with Crippen LogP contribution >= 0.6 is 0 Å². The van der Waals surface area contributed by atoms with E-state index in [0.717, 1.165) is 31.6 Å². The van der Waals surface area contributed by atoms with Gasteiger partial charge < -0.3 is 9.47 Å². The number of rotatable bonds is 2. The fourth-order valence-corrected chi connectivity index (χ4v) is 5.74. The highest BCUT2D eigenvalue weighted by atomic mass is 16.2. The first kappa shape index (κ1) is 17.7. The summed E-state index contributed by atoms with van der Waals surface area (Å²) in [6.07, 6.45) is 7.46. The van der Waals surface area contributed by atoms with E-state index in [1.54, 1.807) is 6.07 Å². The van der Waals surface area contributed by atoms with Crippen LogP contribution in [0, 0.1) is 5.92 Å². The van der Waals surface area contributed by atoms with Crippen molar-refractivity contribution in [1.29, 1.82) is 0 Å². The first-order chi connectivity index (χ1) is 13.7. The number of hydrogen-bond acceptors (Lipinski definition) is 2. The maximum atomic E-state index is 13.1. The molecular weight excluding hydrogens is 348 g/mol. The van der Waals surface area contributed by atoms with E-state index in [1.807, 2.05) is 39.8 Å². The Labute approximate surface area is 166 Å². The zero-order valence-electron chi connectivity index (χ0n) is 16.3. The molecule has 5 rings (SSSR count). The molecule has 2 aliphatic heterocycles. The standard InChI is InChI=1S/C24H28N2O2/c27-22-12-11-21(18-7-3-1-4-8-18)23-20-13-17(15-26(22)23)14-25(16-20)24(28)19-9-5-2-6-10-19/h2,5-6,9-12,17-18,20H,1,3-4,7-8,13-16H2. The van der Waals surface area contributed by atoms with Crippen molar-refractivity contribution in [2.75, 3.05) is 13.1 Å². The fraction of sp³-hybridized carbons (Fsp3) is 0.500. The van der Waals surface area contributed by atoms with Crippen molar-refractivity contribution in [3.63, 3.8) is 0 Å². The first-order valence-corrected chi connectivity index (χ1v) is 10.8. The van der Waals surface area contributed by atoms with Crippen LogP contribution < -0.4 is 5.56 Å². The van der Waals surface area contributed by atoms with Crippen LogP contribution in [0.2, 0.25) is 0 Å². The number of amides is 1. The third-order valence-electron chi connectivity index (χ3n) is 6.98. The van der Waals surface area contributed by atoms with Crippen molar-refractivity contribution in [2.24, 2.45) is 5.92 Å². The van der Waals surface area contributed by atoms with Gasteiger partial charge >= 0.3 is 0 Å². The van der Waals surface area contributed by atoms with Crippen molar-refractivity contribution in [1.82, 2.24) is 9.47 Å². The molecule has 1 saturated carbocycles. The summed E-state index contributed by atoms with van der Waals surface area (Å²) in [5.41, 5.74) is 3.52. The number of carbonyl (C=O) groups is 1. The molecule has 2 unspecified atom stereocenters. The molecule has 2 fully saturated rings. The van der Waals surface area contributed by atoms with Crippen LogP contribution in [0.4, 0.5) is 0 Å². The smallest absolute Gasteiger partial charge is 0.253 e. The number of aromatic nitrogens is 1. The van der Waals surface area contributed by atoms with Crippen molar-refractivity contribution in [3.05, 3.63) is 69.6 Å². The Kier molecular flexibility index (Phi) is 4.58. The summed E-state index contributed by atoms with van der Waals surface area (Å²) in [5, 5.41) is 0. The molecule has 1 saturated heterocycles. The van der Waals surface area contributed by atoms with Crippen molar-refractivity contribution >= 4 is 5.91 Å². The van der Waals surface area contributed by atoms with Crippen LogP contribution in [0.25, 0.3) is 0 Å². The van der Waals surface area contributed by atoms with Gasteiger partial charge in [-0.15, -0.1) is 0 Å². The summed E-state index contributed by atoms with van der Waals surface area (Å²) in [6.45, 7) is 2.24. The van der Waals surface area contributed by atoms with Crippen molar-refractivity contribution < 1.29 is 4.79 Å². The normalized spacial score (nSPS) is 24.6. The predicted octanol–water partition coefficient (Wildman–Crippen LogP) is 4.16. The van der Waals surface area contributed by atoms with Crippen LogP contribution in [0.3, 0.4) is 0 Å². The number of piperidine rings is 1. The van der Waals surface area contributed by atoms with Crippen molar-refractivity contribution in [2.45, 2.75) is 56.9 Å². The quantitative estimate of drug-likeness (QED) is 0.790. The molecule has 2 aromatic rings. The van der Waals surface area contributed by atoms with Crippen LogP contribution in [0.1, 0.15) is 72.0 Å². The molecule has 4 heteroatoms. The van der Waals surface area contributed by atoms with Gasteiger partial charge in [0.15, 0.2) is 0 Å². The number of hydrogen-bond donors (Lipinski definition) is 0. The van der Waals surface area contributed by atoms with Gasteiger partial charge in [0.2, 0.25) is 0 Å². The average molecular weight is 377 g/mol. The van der Waals surface area contributed by atoms with E-state index in [1.165, 1.54) is 43.4 Å². The molecule has 4 nitrogen and oxygen atoms in total. The second kappa shape index (κ2) is 7.23. The third-order valence-corrected chi connectivity index (χ3v) is 6.98. The minimum Gasteiger partial charge on any atom is -0.338 e. The number of fused-ring (bicyclic) bond motifs is 4. The predicted molar refractivity (Wildman–Crippen MR) is 110 cm³/mol. The van der Waals surface area contributed by atoms with Gasteiger partial charge in [0.1, 0.15) is 0 Å². The first-order valence-electron chi connectivity index (χ1n) is 10.8. The van der Waals surface area contributed by atoms with Gasteiger partial charge in [-0.3, -0.25) is 9.59 Å². The van der Waals surface area contributed by atoms with Gasteiger partial charge in [-0.2, -0.15) is 0 Å². The van der Waals surface area contributed by atoms with Crippen LogP contribution in [0.15, 0.2) is 47.3 Å². The molecule has 146 valence electrons. The van der Waals surface area contributed by atoms with Crippen LogP contribution in [-0.4, -0.2) is 28.5 Å². The lowest BCUT2D eigenvalue weighted by Crippen LogP contribution is -2.49. The molecule has 0 radical (unpaired) electrons. The topological polar surface area (TPSA) is 42.3 Å². The minimum atomic E-state index is 0.126. The Morgan fingerprint density at radius 1 is 0.857 bits per heavy atom. The average Bonchev–Trinajstić information content (AvgIpc) is 2.75. The Morgan fingerprint density at radius 2 is 1.64 bits per heavy atom. The van der Waals surface area contributed by atoms with E-state index in [2.05, 4.69) is 6.07 Å². The van der Waals surface area contributed by atoms with E-state index in [9.17, 15) is 9.59 Å². The highest BCUT2D eigenvalue weighted by Gasteiger charge is 2.38. The number of nitrogens with zero attached hydrogens (tertiary/aromatic N) is 2. The zero-order valence-corrected chi connectivity index (χ0v) is 16.3. The van der Waals surface area contributed by atoms with E-state index < -0.39 is 0 Å². The van der Waals surface area contributed by atoms with Gasteiger partial charge in [0, 0.05) is 42.9 Å². The highest BCUT2D eigenvalue weighted by molar-refractivity contribution is 5.94. The van der Waals surface area contributed by atoms with Gasteiger partial charge in [-0.05, 0) is 48.8 Å². The van der Waals surface area contributed by atoms with E-state index in [-0.39, 0.29) is 17.4 Å². The Morgan fingerprint density at radius 3 is 2.43 bits per heavy atom. The lowest BCUT2D eigenvalue weighted by Gasteiger charge is -2.44. The monoisotopic (exact) mass is 376 g/mol. The van der Waals surface area contributed by atoms with Crippen LogP contribution in [-0.2, 0) is 6.54 Å². The summed E-state index contributed by atoms with van der Waals surface area (Å²) >= 11 is 0. The van der Waals surface area contributed by atoms with Gasteiger partial charge in [0.25, 0.3) is 11.5 Å². The van der Waals surface area contributed by atoms with Gasteiger partial charge in [-0.1, -0.05) is 43.5 Å².